The molecule has 0 amide bonds. The maximum absolute atomic E-state index is 13.6. The lowest BCUT2D eigenvalue weighted by molar-refractivity contribution is 0.0692. The van der Waals surface area contributed by atoms with E-state index in [1.165, 1.54) is 18.2 Å². The second-order valence-corrected chi connectivity index (χ2v) is 5.22. The van der Waals surface area contributed by atoms with E-state index in [1.54, 1.807) is 0 Å². The van der Waals surface area contributed by atoms with Gasteiger partial charge in [0.2, 0.25) is 0 Å². The van der Waals surface area contributed by atoms with Crippen molar-refractivity contribution < 1.29 is 18.7 Å². The highest BCUT2D eigenvalue weighted by Gasteiger charge is 2.15. The number of halogens is 3. The Labute approximate surface area is 125 Å². The zero-order valence-electron chi connectivity index (χ0n) is 10.3. The molecule has 0 fully saturated rings. The van der Waals surface area contributed by atoms with Crippen LogP contribution in [0, 0.1) is 11.6 Å². The van der Waals surface area contributed by atoms with Gasteiger partial charge in [-0.2, -0.15) is 0 Å². The summed E-state index contributed by atoms with van der Waals surface area (Å²) in [5.41, 5.74) is 0.842. The van der Waals surface area contributed by atoms with Crippen LogP contribution in [0.25, 0.3) is 22.4 Å². The molecule has 4 nitrogen and oxygen atoms in total. The molecular formula is C14H7BrF2N2O2. The standard InChI is InChI=1S/C14H7BrF2N2O2/c15-8-3-6(1-2-9(8)16)13-18-11-4-7(14(20)21)10(17)5-12(11)19-13/h1-5H,(H,18,19)(H,20,21). The van der Waals surface area contributed by atoms with E-state index in [-0.39, 0.29) is 4.47 Å². The molecule has 0 atom stereocenters. The Morgan fingerprint density at radius 1 is 1.19 bits per heavy atom. The first-order valence-electron chi connectivity index (χ1n) is 5.83. The van der Waals surface area contributed by atoms with Crippen LogP contribution in [0.3, 0.4) is 0 Å². The number of hydrogen-bond acceptors (Lipinski definition) is 2. The van der Waals surface area contributed by atoms with Crippen LogP contribution in [0.15, 0.2) is 34.8 Å². The van der Waals surface area contributed by atoms with Gasteiger partial charge in [0, 0.05) is 11.6 Å². The van der Waals surface area contributed by atoms with Crippen molar-refractivity contribution in [1.29, 1.82) is 0 Å². The van der Waals surface area contributed by atoms with E-state index in [2.05, 4.69) is 25.9 Å². The number of H-pyrrole nitrogens is 1. The second-order valence-electron chi connectivity index (χ2n) is 4.37. The first-order valence-corrected chi connectivity index (χ1v) is 6.63. The third-order valence-corrected chi connectivity index (χ3v) is 3.60. The molecule has 0 aliphatic carbocycles. The van der Waals surface area contributed by atoms with Gasteiger partial charge in [0.1, 0.15) is 17.5 Å². The Morgan fingerprint density at radius 2 is 1.95 bits per heavy atom. The Balaban J connectivity index is 2.16. The highest BCUT2D eigenvalue weighted by Crippen LogP contribution is 2.26. The van der Waals surface area contributed by atoms with Crippen molar-refractivity contribution in [2.75, 3.05) is 0 Å². The van der Waals surface area contributed by atoms with Crippen molar-refractivity contribution in [2.24, 2.45) is 0 Å². The van der Waals surface area contributed by atoms with Crippen molar-refractivity contribution in [1.82, 2.24) is 9.97 Å². The van der Waals surface area contributed by atoms with Gasteiger partial charge in [-0.25, -0.2) is 18.6 Å². The highest BCUT2D eigenvalue weighted by atomic mass is 79.9. The molecule has 2 aromatic carbocycles. The number of aromatic amines is 1. The Hall–Kier alpha value is -2.28. The molecule has 0 spiro atoms. The minimum Gasteiger partial charge on any atom is -0.478 e. The third-order valence-electron chi connectivity index (χ3n) is 2.99. The van der Waals surface area contributed by atoms with E-state index in [0.29, 0.717) is 22.4 Å². The van der Waals surface area contributed by atoms with Crippen molar-refractivity contribution in [2.45, 2.75) is 0 Å². The summed E-state index contributed by atoms with van der Waals surface area (Å²) in [4.78, 5) is 18.0. The normalized spacial score (nSPS) is 11.0. The predicted molar refractivity (Wildman–Crippen MR) is 76.1 cm³/mol. The first-order chi connectivity index (χ1) is 9.95. The number of fused-ring (bicyclic) bond motifs is 1. The quantitative estimate of drug-likeness (QED) is 0.733. The number of carboxylic acids is 1. The van der Waals surface area contributed by atoms with Crippen LogP contribution in [0.2, 0.25) is 0 Å². The SMILES string of the molecule is O=C(O)c1cc2nc(-c3ccc(F)c(Br)c3)[nH]c2cc1F. The number of rotatable bonds is 2. The number of aromatic nitrogens is 2. The van der Waals surface area contributed by atoms with E-state index >= 15 is 0 Å². The van der Waals surface area contributed by atoms with Gasteiger partial charge in [-0.15, -0.1) is 0 Å². The molecule has 0 saturated heterocycles. The number of benzene rings is 2. The summed E-state index contributed by atoms with van der Waals surface area (Å²) in [6, 6.07) is 6.56. The second kappa shape index (κ2) is 4.92. The van der Waals surface area contributed by atoms with E-state index in [9.17, 15) is 13.6 Å². The molecular weight excluding hydrogens is 346 g/mol. The number of aromatic carboxylic acids is 1. The molecule has 106 valence electrons. The Kier molecular flexibility index (Phi) is 3.21. The summed E-state index contributed by atoms with van der Waals surface area (Å²) in [5.74, 6) is -2.21. The van der Waals surface area contributed by atoms with Gasteiger partial charge in [-0.05, 0) is 40.2 Å². The minimum atomic E-state index is -1.36. The number of nitrogens with zero attached hydrogens (tertiary/aromatic N) is 1. The number of hydrogen-bond donors (Lipinski definition) is 2. The summed E-state index contributed by atoms with van der Waals surface area (Å²) in [6.45, 7) is 0. The monoisotopic (exact) mass is 352 g/mol. The Morgan fingerprint density at radius 3 is 2.62 bits per heavy atom. The largest absolute Gasteiger partial charge is 0.478 e. The van der Waals surface area contributed by atoms with Gasteiger partial charge >= 0.3 is 5.97 Å². The summed E-state index contributed by atoms with van der Waals surface area (Å²) in [6.07, 6.45) is 0. The fourth-order valence-corrected chi connectivity index (χ4v) is 2.35. The smallest absolute Gasteiger partial charge is 0.338 e. The average molecular weight is 353 g/mol. The molecule has 0 radical (unpaired) electrons. The predicted octanol–water partition coefficient (Wildman–Crippen LogP) is 3.97. The van der Waals surface area contributed by atoms with Crippen LogP contribution in [0.4, 0.5) is 8.78 Å². The van der Waals surface area contributed by atoms with E-state index < -0.39 is 23.2 Å². The van der Waals surface area contributed by atoms with Crippen LogP contribution in [0.1, 0.15) is 10.4 Å². The molecule has 0 unspecified atom stereocenters. The van der Waals surface area contributed by atoms with Crippen molar-refractivity contribution in [3.05, 3.63) is 52.0 Å². The topological polar surface area (TPSA) is 66.0 Å². The lowest BCUT2D eigenvalue weighted by Crippen LogP contribution is -1.99. The summed E-state index contributed by atoms with van der Waals surface area (Å²) in [5, 5.41) is 8.89. The third kappa shape index (κ3) is 2.40. The van der Waals surface area contributed by atoms with E-state index in [4.69, 9.17) is 5.11 Å². The zero-order chi connectivity index (χ0) is 15.1. The maximum atomic E-state index is 13.6. The number of imidazole rings is 1. The lowest BCUT2D eigenvalue weighted by Gasteiger charge is -1.98. The van der Waals surface area contributed by atoms with Crippen LogP contribution in [-0.4, -0.2) is 21.0 Å². The van der Waals surface area contributed by atoms with Gasteiger partial charge in [0.15, 0.2) is 0 Å². The van der Waals surface area contributed by atoms with Crippen molar-refractivity contribution in [3.8, 4) is 11.4 Å². The molecule has 0 saturated carbocycles. The van der Waals surface area contributed by atoms with Gasteiger partial charge in [-0.3, -0.25) is 0 Å². The van der Waals surface area contributed by atoms with E-state index in [0.717, 1.165) is 12.1 Å². The van der Waals surface area contributed by atoms with Gasteiger partial charge in [0.05, 0.1) is 21.1 Å². The minimum absolute atomic E-state index is 0.276. The zero-order valence-corrected chi connectivity index (χ0v) is 11.9. The van der Waals surface area contributed by atoms with Gasteiger partial charge in [-0.1, -0.05) is 0 Å². The van der Waals surface area contributed by atoms with Gasteiger partial charge in [0.25, 0.3) is 0 Å². The molecule has 2 N–H and O–H groups in total. The first kappa shape index (κ1) is 13.7. The fraction of sp³-hybridized carbons (Fsp3) is 0. The molecule has 0 aliphatic rings. The highest BCUT2D eigenvalue weighted by molar-refractivity contribution is 9.10. The van der Waals surface area contributed by atoms with E-state index in [1.807, 2.05) is 0 Å². The Bertz CT molecular complexity index is 877. The number of carbonyl (C=O) groups is 1. The molecule has 3 aromatic rings. The van der Waals surface area contributed by atoms with Crippen LogP contribution >= 0.6 is 15.9 Å². The number of carboxylic acid groups (broad SMARTS) is 1. The molecule has 1 heterocycles. The van der Waals surface area contributed by atoms with Crippen LogP contribution < -0.4 is 0 Å². The van der Waals surface area contributed by atoms with Crippen LogP contribution in [-0.2, 0) is 0 Å². The van der Waals surface area contributed by atoms with Crippen molar-refractivity contribution >= 4 is 32.9 Å². The summed E-state index contributed by atoms with van der Waals surface area (Å²) >= 11 is 3.08. The fourth-order valence-electron chi connectivity index (χ4n) is 1.97. The van der Waals surface area contributed by atoms with Crippen LogP contribution in [0.5, 0.6) is 0 Å². The summed E-state index contributed by atoms with van der Waals surface area (Å²) < 4.78 is 27.1. The molecule has 3 rings (SSSR count). The number of nitrogens with one attached hydrogen (secondary N) is 1. The average Bonchev–Trinajstić information content (AvgIpc) is 2.83. The lowest BCUT2D eigenvalue weighted by atomic mass is 10.2. The molecule has 0 aliphatic heterocycles. The molecule has 0 bridgehead atoms. The van der Waals surface area contributed by atoms with Gasteiger partial charge < -0.3 is 10.1 Å². The summed E-state index contributed by atoms with van der Waals surface area (Å²) in [7, 11) is 0. The molecule has 21 heavy (non-hydrogen) atoms. The van der Waals surface area contributed by atoms with Crippen molar-refractivity contribution in [3.63, 3.8) is 0 Å². The molecule has 1 aromatic heterocycles. The molecule has 7 heteroatoms. The maximum Gasteiger partial charge on any atom is 0.338 e.